The van der Waals surface area contributed by atoms with Gasteiger partial charge in [-0.05, 0) is 34.7 Å². The van der Waals surface area contributed by atoms with Crippen LogP contribution >= 0.6 is 45.8 Å². The first-order chi connectivity index (χ1) is 8.09. The fourth-order valence-electron chi connectivity index (χ4n) is 1.47. The lowest BCUT2D eigenvalue weighted by Crippen LogP contribution is -2.02. The molecule has 0 aliphatic carbocycles. The molecular formula is C13H7Cl2IO. The van der Waals surface area contributed by atoms with E-state index in [0.717, 1.165) is 3.57 Å². The summed E-state index contributed by atoms with van der Waals surface area (Å²) in [6.07, 6.45) is 0. The minimum atomic E-state index is -0.115. The van der Waals surface area contributed by atoms with E-state index >= 15 is 0 Å². The highest BCUT2D eigenvalue weighted by atomic mass is 127. The molecule has 86 valence electrons. The summed E-state index contributed by atoms with van der Waals surface area (Å²) in [5.74, 6) is -0.115. The molecule has 0 radical (unpaired) electrons. The standard InChI is InChI=1S/C13H7Cl2IO/c14-11-7-9(16)6-10(12(11)15)13(17)8-4-2-1-3-5-8/h1-7H. The molecule has 0 aromatic heterocycles. The van der Waals surface area contributed by atoms with Crippen LogP contribution in [0.1, 0.15) is 15.9 Å². The van der Waals surface area contributed by atoms with Crippen molar-refractivity contribution in [2.75, 3.05) is 0 Å². The van der Waals surface area contributed by atoms with Gasteiger partial charge in [-0.25, -0.2) is 0 Å². The van der Waals surface area contributed by atoms with E-state index < -0.39 is 0 Å². The van der Waals surface area contributed by atoms with E-state index in [0.29, 0.717) is 21.2 Å². The lowest BCUT2D eigenvalue weighted by Gasteiger charge is -2.06. The number of benzene rings is 2. The van der Waals surface area contributed by atoms with Crippen molar-refractivity contribution in [3.8, 4) is 0 Å². The van der Waals surface area contributed by atoms with Gasteiger partial charge in [0.05, 0.1) is 10.0 Å². The Labute approximate surface area is 123 Å². The zero-order valence-electron chi connectivity index (χ0n) is 8.58. The first-order valence-electron chi connectivity index (χ1n) is 4.84. The fraction of sp³-hybridized carbons (Fsp3) is 0. The molecule has 0 heterocycles. The topological polar surface area (TPSA) is 17.1 Å². The molecule has 1 nitrogen and oxygen atoms in total. The number of rotatable bonds is 2. The first kappa shape index (κ1) is 12.9. The van der Waals surface area contributed by atoms with Crippen LogP contribution in [0.5, 0.6) is 0 Å². The molecule has 0 saturated carbocycles. The maximum atomic E-state index is 12.2. The van der Waals surface area contributed by atoms with Gasteiger partial charge in [-0.15, -0.1) is 0 Å². The SMILES string of the molecule is O=C(c1ccccc1)c1cc(I)cc(Cl)c1Cl. The lowest BCUT2D eigenvalue weighted by molar-refractivity contribution is 0.103. The van der Waals surface area contributed by atoms with Crippen molar-refractivity contribution >= 4 is 51.6 Å². The second kappa shape index (κ2) is 5.38. The minimum absolute atomic E-state index is 0.115. The Balaban J connectivity index is 2.52. The average Bonchev–Trinajstić information content (AvgIpc) is 2.34. The van der Waals surface area contributed by atoms with E-state index in [4.69, 9.17) is 23.2 Å². The van der Waals surface area contributed by atoms with E-state index in [1.165, 1.54) is 0 Å². The van der Waals surface area contributed by atoms with Crippen molar-refractivity contribution in [2.24, 2.45) is 0 Å². The van der Waals surface area contributed by atoms with Crippen LogP contribution in [0.25, 0.3) is 0 Å². The molecule has 0 bridgehead atoms. The largest absolute Gasteiger partial charge is 0.289 e. The van der Waals surface area contributed by atoms with Crippen molar-refractivity contribution in [3.63, 3.8) is 0 Å². The van der Waals surface area contributed by atoms with Crippen molar-refractivity contribution < 1.29 is 4.79 Å². The number of hydrogen-bond acceptors (Lipinski definition) is 1. The molecule has 0 unspecified atom stereocenters. The van der Waals surface area contributed by atoms with Gasteiger partial charge in [-0.1, -0.05) is 53.5 Å². The minimum Gasteiger partial charge on any atom is -0.289 e. The maximum Gasteiger partial charge on any atom is 0.194 e. The predicted octanol–water partition coefficient (Wildman–Crippen LogP) is 4.83. The van der Waals surface area contributed by atoms with Gasteiger partial charge in [0.1, 0.15) is 0 Å². The molecule has 17 heavy (non-hydrogen) atoms. The van der Waals surface area contributed by atoms with E-state index in [1.54, 1.807) is 24.3 Å². The number of carbonyl (C=O) groups is 1. The molecule has 2 rings (SSSR count). The summed E-state index contributed by atoms with van der Waals surface area (Å²) < 4.78 is 0.885. The number of carbonyl (C=O) groups excluding carboxylic acids is 1. The third-order valence-electron chi connectivity index (χ3n) is 2.27. The molecule has 0 atom stereocenters. The molecule has 4 heteroatoms. The van der Waals surface area contributed by atoms with Gasteiger partial charge < -0.3 is 0 Å². The molecule has 0 aliphatic heterocycles. The summed E-state index contributed by atoms with van der Waals surface area (Å²) in [6, 6.07) is 12.5. The van der Waals surface area contributed by atoms with Crippen LogP contribution in [0.4, 0.5) is 0 Å². The molecule has 0 saturated heterocycles. The smallest absolute Gasteiger partial charge is 0.194 e. The summed E-state index contributed by atoms with van der Waals surface area (Å²) >= 11 is 14.1. The van der Waals surface area contributed by atoms with Crippen LogP contribution in [0.15, 0.2) is 42.5 Å². The Hall–Kier alpha value is -0.580. The highest BCUT2D eigenvalue weighted by Gasteiger charge is 2.15. The van der Waals surface area contributed by atoms with Crippen LogP contribution < -0.4 is 0 Å². The lowest BCUT2D eigenvalue weighted by atomic mass is 10.0. The third kappa shape index (κ3) is 2.81. The molecule has 0 spiro atoms. The molecule has 0 aliphatic rings. The Morgan fingerprint density at radius 1 is 1.06 bits per heavy atom. The number of ketones is 1. The Kier molecular flexibility index (Phi) is 4.07. The Morgan fingerprint density at radius 3 is 2.35 bits per heavy atom. The van der Waals surface area contributed by atoms with Crippen LogP contribution in [0, 0.1) is 3.57 Å². The second-order valence-electron chi connectivity index (χ2n) is 3.44. The molecule has 2 aromatic carbocycles. The molecular weight excluding hydrogens is 370 g/mol. The Bertz CT molecular complexity index is 567. The van der Waals surface area contributed by atoms with Gasteiger partial charge in [0.15, 0.2) is 5.78 Å². The summed E-state index contributed by atoms with van der Waals surface area (Å²) in [6.45, 7) is 0. The zero-order valence-corrected chi connectivity index (χ0v) is 12.3. The van der Waals surface area contributed by atoms with Gasteiger partial charge in [0.25, 0.3) is 0 Å². The van der Waals surface area contributed by atoms with Gasteiger partial charge in [0.2, 0.25) is 0 Å². The quantitative estimate of drug-likeness (QED) is 0.417. The van der Waals surface area contributed by atoms with Gasteiger partial charge in [0, 0.05) is 14.7 Å². The fourth-order valence-corrected chi connectivity index (χ4v) is 2.69. The van der Waals surface area contributed by atoms with Gasteiger partial charge >= 0.3 is 0 Å². The normalized spacial score (nSPS) is 10.3. The number of halogens is 3. The van der Waals surface area contributed by atoms with Crippen LogP contribution in [-0.4, -0.2) is 5.78 Å². The maximum absolute atomic E-state index is 12.2. The van der Waals surface area contributed by atoms with Crippen LogP contribution in [0.2, 0.25) is 10.0 Å². The summed E-state index contributed by atoms with van der Waals surface area (Å²) in [5, 5.41) is 0.707. The predicted molar refractivity (Wildman–Crippen MR) is 79.1 cm³/mol. The van der Waals surface area contributed by atoms with Gasteiger partial charge in [-0.3, -0.25) is 4.79 Å². The van der Waals surface area contributed by atoms with Gasteiger partial charge in [-0.2, -0.15) is 0 Å². The molecule has 2 aromatic rings. The number of hydrogen-bond donors (Lipinski definition) is 0. The van der Waals surface area contributed by atoms with Crippen LogP contribution in [0.3, 0.4) is 0 Å². The van der Waals surface area contributed by atoms with Crippen molar-refractivity contribution in [1.29, 1.82) is 0 Å². The third-order valence-corrected chi connectivity index (χ3v) is 3.70. The monoisotopic (exact) mass is 376 g/mol. The first-order valence-corrected chi connectivity index (χ1v) is 6.67. The molecule has 0 fully saturated rings. The van der Waals surface area contributed by atoms with E-state index in [2.05, 4.69) is 22.6 Å². The van der Waals surface area contributed by atoms with Crippen molar-refractivity contribution in [3.05, 3.63) is 67.2 Å². The summed E-state index contributed by atoms with van der Waals surface area (Å²) in [5.41, 5.74) is 1.04. The van der Waals surface area contributed by atoms with E-state index in [-0.39, 0.29) is 5.78 Å². The van der Waals surface area contributed by atoms with Crippen molar-refractivity contribution in [2.45, 2.75) is 0 Å². The van der Waals surface area contributed by atoms with Crippen LogP contribution in [-0.2, 0) is 0 Å². The zero-order chi connectivity index (χ0) is 12.4. The highest BCUT2D eigenvalue weighted by Crippen LogP contribution is 2.29. The highest BCUT2D eigenvalue weighted by molar-refractivity contribution is 14.1. The average molecular weight is 377 g/mol. The Morgan fingerprint density at radius 2 is 1.71 bits per heavy atom. The van der Waals surface area contributed by atoms with E-state index in [9.17, 15) is 4.79 Å². The van der Waals surface area contributed by atoms with E-state index in [1.807, 2.05) is 18.2 Å². The molecule has 0 N–H and O–H groups in total. The van der Waals surface area contributed by atoms with Crippen molar-refractivity contribution in [1.82, 2.24) is 0 Å². The second-order valence-corrected chi connectivity index (χ2v) is 5.48. The summed E-state index contributed by atoms with van der Waals surface area (Å²) in [4.78, 5) is 12.2. The summed E-state index contributed by atoms with van der Waals surface area (Å²) in [7, 11) is 0. The molecule has 0 amide bonds.